The first-order valence-corrected chi connectivity index (χ1v) is 11.4. The van der Waals surface area contributed by atoms with Gasteiger partial charge in [0.2, 0.25) is 5.60 Å². The van der Waals surface area contributed by atoms with Crippen LogP contribution < -0.4 is 16.4 Å². The Kier molecular flexibility index (Phi) is 6.86. The normalized spacial score (nSPS) is 21.1. The minimum atomic E-state index is -1.66. The maximum atomic E-state index is 12.9. The van der Waals surface area contributed by atoms with Crippen LogP contribution in [0.25, 0.3) is 0 Å². The van der Waals surface area contributed by atoms with Crippen molar-refractivity contribution in [1.29, 1.82) is 0 Å². The van der Waals surface area contributed by atoms with Gasteiger partial charge in [0.15, 0.2) is 10.8 Å². The summed E-state index contributed by atoms with van der Waals surface area (Å²) in [5, 5.41) is 20.3. The van der Waals surface area contributed by atoms with Crippen molar-refractivity contribution in [3.8, 4) is 0 Å². The molecule has 3 heterocycles. The van der Waals surface area contributed by atoms with Gasteiger partial charge in [-0.05, 0) is 26.0 Å². The van der Waals surface area contributed by atoms with E-state index in [0.29, 0.717) is 6.54 Å². The molecule has 5 N–H and O–H groups in total. The zero-order valence-electron chi connectivity index (χ0n) is 17.2. The molecule has 168 valence electrons. The molecule has 0 bridgehead atoms. The Balaban J connectivity index is 1.74. The van der Waals surface area contributed by atoms with Crippen LogP contribution in [0.3, 0.4) is 0 Å². The fourth-order valence-corrected chi connectivity index (χ4v) is 4.56. The average molecular weight is 469 g/mol. The highest BCUT2D eigenvalue weighted by atomic mass is 32.2. The Morgan fingerprint density at radius 2 is 2.23 bits per heavy atom. The number of hydrogen-bond acceptors (Lipinski definition) is 10. The van der Waals surface area contributed by atoms with E-state index in [4.69, 9.17) is 10.6 Å². The molecule has 0 aliphatic carbocycles. The van der Waals surface area contributed by atoms with Crippen molar-refractivity contribution in [2.75, 3.05) is 24.6 Å². The Bertz CT molecular complexity index is 944. The largest absolute Gasteiger partial charge is 0.478 e. The SMILES string of the molecule is CCNCC1=CN2C(=O)C(NC(=O)/C(=N\OC(C)(C)C(=O)O)c3csc(N)n3)[C@@H]2SC1. The molecular weight excluding hydrogens is 444 g/mol. The van der Waals surface area contributed by atoms with E-state index in [-0.39, 0.29) is 27.8 Å². The summed E-state index contributed by atoms with van der Waals surface area (Å²) in [5.74, 6) is -1.44. The lowest BCUT2D eigenvalue weighted by Gasteiger charge is -2.47. The molecule has 31 heavy (non-hydrogen) atoms. The second-order valence-electron chi connectivity index (χ2n) is 7.38. The van der Waals surface area contributed by atoms with E-state index < -0.39 is 23.5 Å². The van der Waals surface area contributed by atoms with Crippen molar-refractivity contribution in [3.05, 3.63) is 22.8 Å². The number of rotatable bonds is 9. The summed E-state index contributed by atoms with van der Waals surface area (Å²) in [6.07, 6.45) is 1.82. The number of hydrogen-bond donors (Lipinski definition) is 4. The van der Waals surface area contributed by atoms with Crippen molar-refractivity contribution in [1.82, 2.24) is 20.5 Å². The molecular formula is C18H24N6O5S2. The van der Waals surface area contributed by atoms with E-state index in [2.05, 4.69) is 20.8 Å². The summed E-state index contributed by atoms with van der Waals surface area (Å²) in [6.45, 7) is 6.15. The van der Waals surface area contributed by atoms with Gasteiger partial charge >= 0.3 is 5.97 Å². The van der Waals surface area contributed by atoms with Gasteiger partial charge in [0.25, 0.3) is 11.8 Å². The average Bonchev–Trinajstić information content (AvgIpc) is 3.15. The van der Waals surface area contributed by atoms with Gasteiger partial charge < -0.3 is 31.2 Å². The monoisotopic (exact) mass is 468 g/mol. The van der Waals surface area contributed by atoms with Crippen LogP contribution in [-0.4, -0.2) is 74.3 Å². The molecule has 2 amide bonds. The summed E-state index contributed by atoms with van der Waals surface area (Å²) >= 11 is 2.65. The number of nitrogens with two attached hydrogens (primary N) is 1. The first-order valence-electron chi connectivity index (χ1n) is 9.50. The molecule has 0 spiro atoms. The second-order valence-corrected chi connectivity index (χ2v) is 9.38. The molecule has 2 atom stereocenters. The van der Waals surface area contributed by atoms with Crippen LogP contribution >= 0.6 is 23.1 Å². The first-order chi connectivity index (χ1) is 14.6. The summed E-state index contributed by atoms with van der Waals surface area (Å²) < 4.78 is 0. The van der Waals surface area contributed by atoms with Crippen molar-refractivity contribution >= 4 is 51.7 Å². The second kappa shape index (κ2) is 9.24. The van der Waals surface area contributed by atoms with Gasteiger partial charge in [0.05, 0.1) is 0 Å². The molecule has 11 nitrogen and oxygen atoms in total. The number of thioether (sulfide) groups is 1. The van der Waals surface area contributed by atoms with Gasteiger partial charge in [0.1, 0.15) is 17.1 Å². The van der Waals surface area contributed by atoms with Crippen LogP contribution in [0.15, 0.2) is 22.3 Å². The minimum absolute atomic E-state index is 0.133. The summed E-state index contributed by atoms with van der Waals surface area (Å²) in [7, 11) is 0. The molecule has 2 aliphatic heterocycles. The molecule has 1 aromatic rings. The molecule has 1 fully saturated rings. The van der Waals surface area contributed by atoms with Gasteiger partial charge in [0, 0.05) is 23.9 Å². The Morgan fingerprint density at radius 3 is 2.84 bits per heavy atom. The molecule has 0 aromatic carbocycles. The van der Waals surface area contributed by atoms with Crippen molar-refractivity contribution in [2.24, 2.45) is 5.16 Å². The number of anilines is 1. The smallest absolute Gasteiger partial charge is 0.350 e. The molecule has 3 rings (SSSR count). The van der Waals surface area contributed by atoms with E-state index in [9.17, 15) is 19.5 Å². The number of β-lactam (4-membered cyclic amide) rings is 1. The molecule has 1 aromatic heterocycles. The number of oxime groups is 1. The van der Waals surface area contributed by atoms with E-state index in [1.165, 1.54) is 19.2 Å². The maximum absolute atomic E-state index is 12.9. The number of nitrogen functional groups attached to an aromatic ring is 1. The summed E-state index contributed by atoms with van der Waals surface area (Å²) in [4.78, 5) is 47.5. The van der Waals surface area contributed by atoms with Crippen molar-refractivity contribution in [3.63, 3.8) is 0 Å². The van der Waals surface area contributed by atoms with Crippen LogP contribution in [0.2, 0.25) is 0 Å². The topological polar surface area (TPSA) is 159 Å². The van der Waals surface area contributed by atoms with Gasteiger partial charge in [-0.1, -0.05) is 12.1 Å². The molecule has 0 radical (unpaired) electrons. The number of likely N-dealkylation sites (N-methyl/N-ethyl adjacent to an activating group) is 1. The number of carbonyl (C=O) groups excluding carboxylic acids is 2. The number of carbonyl (C=O) groups is 3. The minimum Gasteiger partial charge on any atom is -0.478 e. The van der Waals surface area contributed by atoms with Crippen LogP contribution in [0.4, 0.5) is 5.13 Å². The Hall–Kier alpha value is -2.64. The third kappa shape index (κ3) is 4.99. The zero-order valence-corrected chi connectivity index (χ0v) is 18.9. The number of fused-ring (bicyclic) bond motifs is 1. The number of aromatic nitrogens is 1. The lowest BCUT2D eigenvalue weighted by molar-refractivity contribution is -0.161. The lowest BCUT2D eigenvalue weighted by atomic mass is 10.1. The maximum Gasteiger partial charge on any atom is 0.350 e. The number of nitrogens with one attached hydrogen (secondary N) is 2. The lowest BCUT2D eigenvalue weighted by Crippen LogP contribution is -2.69. The third-order valence-electron chi connectivity index (χ3n) is 4.59. The number of aliphatic carboxylic acids is 1. The fraction of sp³-hybridized carbons (Fsp3) is 0.500. The number of amides is 2. The summed E-state index contributed by atoms with van der Waals surface area (Å²) in [6, 6.07) is -0.733. The predicted molar refractivity (Wildman–Crippen MR) is 118 cm³/mol. The van der Waals surface area contributed by atoms with Gasteiger partial charge in [-0.15, -0.1) is 23.1 Å². The quantitative estimate of drug-likeness (QED) is 0.226. The molecule has 2 aliphatic rings. The highest BCUT2D eigenvalue weighted by molar-refractivity contribution is 8.00. The molecule has 0 saturated carbocycles. The van der Waals surface area contributed by atoms with Crippen LogP contribution in [0.5, 0.6) is 0 Å². The number of nitrogens with zero attached hydrogens (tertiary/aromatic N) is 3. The number of thiazole rings is 1. The Labute approximate surface area is 187 Å². The predicted octanol–water partition coefficient (Wildman–Crippen LogP) is 0.203. The van der Waals surface area contributed by atoms with E-state index >= 15 is 0 Å². The third-order valence-corrected chi connectivity index (χ3v) is 6.64. The first kappa shape index (κ1) is 23.0. The summed E-state index contributed by atoms with van der Waals surface area (Å²) in [5.41, 5.74) is 4.97. The zero-order chi connectivity index (χ0) is 22.8. The van der Waals surface area contributed by atoms with E-state index in [1.807, 2.05) is 13.1 Å². The number of carboxylic acid groups (broad SMARTS) is 1. The van der Waals surface area contributed by atoms with Crippen LogP contribution in [-0.2, 0) is 19.2 Å². The van der Waals surface area contributed by atoms with Crippen LogP contribution in [0, 0.1) is 0 Å². The highest BCUT2D eigenvalue weighted by Gasteiger charge is 2.49. The van der Waals surface area contributed by atoms with Gasteiger partial charge in [-0.2, -0.15) is 0 Å². The highest BCUT2D eigenvalue weighted by Crippen LogP contribution is 2.36. The molecule has 13 heteroatoms. The van der Waals surface area contributed by atoms with Gasteiger partial charge in [-0.25, -0.2) is 9.78 Å². The van der Waals surface area contributed by atoms with Crippen molar-refractivity contribution < 1.29 is 24.3 Å². The van der Waals surface area contributed by atoms with E-state index in [0.717, 1.165) is 29.2 Å². The number of carboxylic acids is 1. The van der Waals surface area contributed by atoms with Crippen LogP contribution in [0.1, 0.15) is 26.5 Å². The van der Waals surface area contributed by atoms with Crippen molar-refractivity contribution in [2.45, 2.75) is 37.8 Å². The van der Waals surface area contributed by atoms with E-state index in [1.54, 1.807) is 16.7 Å². The Morgan fingerprint density at radius 1 is 1.48 bits per heavy atom. The fourth-order valence-electron chi connectivity index (χ4n) is 2.75. The molecule has 1 unspecified atom stereocenters. The molecule has 1 saturated heterocycles. The van der Waals surface area contributed by atoms with Gasteiger partial charge in [-0.3, -0.25) is 9.59 Å². The standard InChI is InChI=1S/C18H24N6O5S2/c1-4-20-5-9-6-24-14(26)12(15(24)30-7-9)22-13(25)11(10-8-31-17(19)21-10)23-29-18(2,3)16(27)28/h6,8,12,15,20H,4-5,7H2,1-3H3,(H2,19,21)(H,22,25)(H,27,28)/b23-11-/t12?,15-/m0/s1.